The number of ether oxygens (including phenoxy) is 2. The Hall–Kier alpha value is -2.81. The number of hydrogen-bond donors (Lipinski definition) is 3. The Morgan fingerprint density at radius 2 is 2.13 bits per heavy atom. The SMILES string of the molecule is C#C[C@]1(O)[C@H](n2cnc3c(N)ncnc32)O[C@](F)(COC(=O)CCCCCCC)[C@H]1O. The van der Waals surface area contributed by atoms with Gasteiger partial charge in [0.1, 0.15) is 11.8 Å². The predicted octanol–water partition coefficient (Wildman–Crippen LogP) is 1.23. The lowest BCUT2D eigenvalue weighted by molar-refractivity contribution is -0.216. The highest BCUT2D eigenvalue weighted by molar-refractivity contribution is 5.81. The fraction of sp³-hybridized carbons (Fsp3) is 0.600. The molecule has 0 amide bonds. The van der Waals surface area contributed by atoms with Gasteiger partial charge in [0, 0.05) is 6.42 Å². The van der Waals surface area contributed by atoms with Crippen molar-refractivity contribution in [2.75, 3.05) is 12.3 Å². The summed E-state index contributed by atoms with van der Waals surface area (Å²) in [5, 5.41) is 21.3. The molecule has 168 valence electrons. The number of imidazole rings is 1. The number of fused-ring (bicyclic) bond motifs is 1. The number of halogens is 1. The van der Waals surface area contributed by atoms with Gasteiger partial charge in [0.15, 0.2) is 30.4 Å². The monoisotopic (exact) mass is 435 g/mol. The molecule has 0 aliphatic carbocycles. The molecule has 2 aromatic heterocycles. The van der Waals surface area contributed by atoms with E-state index in [4.69, 9.17) is 21.6 Å². The first kappa shape index (κ1) is 22.9. The third-order valence-electron chi connectivity index (χ3n) is 5.29. The summed E-state index contributed by atoms with van der Waals surface area (Å²) in [6.45, 7) is 1.15. The zero-order valence-electron chi connectivity index (χ0n) is 17.2. The number of carbonyl (C=O) groups is 1. The summed E-state index contributed by atoms with van der Waals surface area (Å²) in [6, 6.07) is 0. The molecule has 1 aliphatic rings. The molecule has 1 aliphatic heterocycles. The number of hydrogen-bond acceptors (Lipinski definition) is 9. The first-order chi connectivity index (χ1) is 14.8. The van der Waals surface area contributed by atoms with Gasteiger partial charge in [-0.3, -0.25) is 9.36 Å². The van der Waals surface area contributed by atoms with Gasteiger partial charge in [0.25, 0.3) is 5.85 Å². The second-order valence-electron chi connectivity index (χ2n) is 7.54. The van der Waals surface area contributed by atoms with E-state index in [1.807, 2.05) is 5.92 Å². The second kappa shape index (κ2) is 9.13. The third kappa shape index (κ3) is 4.32. The Morgan fingerprint density at radius 3 is 2.84 bits per heavy atom. The van der Waals surface area contributed by atoms with Gasteiger partial charge in [0.05, 0.1) is 6.33 Å². The number of nitrogens with two attached hydrogens (primary N) is 1. The molecular weight excluding hydrogens is 409 g/mol. The lowest BCUT2D eigenvalue weighted by atomic mass is 9.94. The van der Waals surface area contributed by atoms with Crippen LogP contribution in [0, 0.1) is 12.3 Å². The van der Waals surface area contributed by atoms with Crippen LogP contribution in [0.4, 0.5) is 10.2 Å². The lowest BCUT2D eigenvalue weighted by Crippen LogP contribution is -2.50. The standard InChI is InChI=1S/C20H26FN5O5/c1-3-5-6-7-8-9-13(27)30-10-20(21)17(28)19(29,4-2)18(31-20)26-12-25-14-15(22)23-11-24-16(14)26/h2,11-12,17-18,28-29H,3,5-10H2,1H3,(H2,22,23,24)/t17-,18+,19+,20+/m0/s1. The van der Waals surface area contributed by atoms with Gasteiger partial charge in [0.2, 0.25) is 5.60 Å². The molecule has 0 radical (unpaired) electrons. The van der Waals surface area contributed by atoms with Crippen LogP contribution in [0.3, 0.4) is 0 Å². The zero-order chi connectivity index (χ0) is 22.6. The van der Waals surface area contributed by atoms with Gasteiger partial charge in [-0.05, 0) is 6.42 Å². The highest BCUT2D eigenvalue weighted by Crippen LogP contribution is 2.46. The van der Waals surface area contributed by atoms with Crippen molar-refractivity contribution in [1.82, 2.24) is 19.5 Å². The molecule has 3 rings (SSSR count). The van der Waals surface area contributed by atoms with Crippen LogP contribution in [-0.2, 0) is 14.3 Å². The molecule has 0 aromatic carbocycles. The minimum absolute atomic E-state index is 0.0610. The van der Waals surface area contributed by atoms with E-state index in [1.54, 1.807) is 0 Å². The number of nitrogen functional groups attached to an aromatic ring is 1. The minimum atomic E-state index is -2.95. The molecule has 3 heterocycles. The Balaban J connectivity index is 1.73. The Bertz CT molecular complexity index is 979. The van der Waals surface area contributed by atoms with E-state index in [1.165, 1.54) is 6.33 Å². The van der Waals surface area contributed by atoms with Crippen molar-refractivity contribution in [3.05, 3.63) is 12.7 Å². The number of anilines is 1. The van der Waals surface area contributed by atoms with Crippen molar-refractivity contribution in [3.8, 4) is 12.3 Å². The van der Waals surface area contributed by atoms with E-state index < -0.39 is 36.4 Å². The molecule has 2 aromatic rings. The second-order valence-corrected chi connectivity index (χ2v) is 7.54. The highest BCUT2D eigenvalue weighted by Gasteiger charge is 2.65. The largest absolute Gasteiger partial charge is 0.459 e. The Labute approximate surface area is 178 Å². The van der Waals surface area contributed by atoms with Crippen LogP contribution in [0.5, 0.6) is 0 Å². The number of aliphatic hydroxyl groups is 2. The van der Waals surface area contributed by atoms with Crippen LogP contribution in [-0.4, -0.2) is 59.9 Å². The molecule has 1 saturated heterocycles. The van der Waals surface area contributed by atoms with E-state index in [0.717, 1.165) is 36.6 Å². The van der Waals surface area contributed by atoms with E-state index in [9.17, 15) is 15.0 Å². The number of aliphatic hydroxyl groups excluding tert-OH is 1. The van der Waals surface area contributed by atoms with Crippen molar-refractivity contribution < 1.29 is 28.9 Å². The van der Waals surface area contributed by atoms with Gasteiger partial charge in [-0.2, -0.15) is 0 Å². The minimum Gasteiger partial charge on any atom is -0.459 e. The maximum atomic E-state index is 15.5. The summed E-state index contributed by atoms with van der Waals surface area (Å²) in [5.74, 6) is -1.54. The number of rotatable bonds is 9. The van der Waals surface area contributed by atoms with E-state index in [0.29, 0.717) is 6.42 Å². The van der Waals surface area contributed by atoms with E-state index >= 15 is 4.39 Å². The third-order valence-corrected chi connectivity index (χ3v) is 5.29. The van der Waals surface area contributed by atoms with Crippen LogP contribution in [0.1, 0.15) is 51.7 Å². The van der Waals surface area contributed by atoms with Gasteiger partial charge >= 0.3 is 5.97 Å². The molecular formula is C20H26FN5O5. The van der Waals surface area contributed by atoms with Gasteiger partial charge < -0.3 is 25.4 Å². The van der Waals surface area contributed by atoms with Crippen LogP contribution < -0.4 is 5.73 Å². The number of alkyl halides is 1. The van der Waals surface area contributed by atoms with Crippen molar-refractivity contribution >= 4 is 23.0 Å². The predicted molar refractivity (Wildman–Crippen MR) is 108 cm³/mol. The molecule has 4 N–H and O–H groups in total. The zero-order valence-corrected chi connectivity index (χ0v) is 17.2. The number of carbonyl (C=O) groups excluding carboxylic acids is 1. The summed E-state index contributed by atoms with van der Waals surface area (Å²) in [5.41, 5.74) is 3.56. The molecule has 0 spiro atoms. The van der Waals surface area contributed by atoms with Gasteiger partial charge in [-0.1, -0.05) is 38.5 Å². The Morgan fingerprint density at radius 1 is 1.39 bits per heavy atom. The average Bonchev–Trinajstić information content (AvgIpc) is 3.27. The normalized spacial score (nSPS) is 28.0. The Kier molecular flexibility index (Phi) is 6.74. The van der Waals surface area contributed by atoms with Gasteiger partial charge in [-0.25, -0.2) is 19.3 Å². The summed E-state index contributed by atoms with van der Waals surface area (Å²) in [7, 11) is 0. The lowest BCUT2D eigenvalue weighted by Gasteiger charge is -2.26. The molecule has 31 heavy (non-hydrogen) atoms. The van der Waals surface area contributed by atoms with E-state index in [-0.39, 0.29) is 23.4 Å². The maximum Gasteiger partial charge on any atom is 0.305 e. The topological polar surface area (TPSA) is 146 Å². The number of unbranched alkanes of at least 4 members (excludes halogenated alkanes) is 4. The quantitative estimate of drug-likeness (QED) is 0.301. The summed E-state index contributed by atoms with van der Waals surface area (Å²) < 4.78 is 26.9. The van der Waals surface area contributed by atoms with Crippen molar-refractivity contribution in [2.24, 2.45) is 0 Å². The molecule has 0 saturated carbocycles. The van der Waals surface area contributed by atoms with Gasteiger partial charge in [-0.15, -0.1) is 6.42 Å². The van der Waals surface area contributed by atoms with Crippen LogP contribution >= 0.6 is 0 Å². The van der Waals surface area contributed by atoms with Crippen molar-refractivity contribution in [1.29, 1.82) is 0 Å². The number of esters is 1. The molecule has 0 unspecified atom stereocenters. The summed E-state index contributed by atoms with van der Waals surface area (Å²) in [4.78, 5) is 23.8. The first-order valence-electron chi connectivity index (χ1n) is 10.1. The summed E-state index contributed by atoms with van der Waals surface area (Å²) >= 11 is 0. The fourth-order valence-electron chi connectivity index (χ4n) is 3.50. The van der Waals surface area contributed by atoms with Crippen molar-refractivity contribution in [3.63, 3.8) is 0 Å². The summed E-state index contributed by atoms with van der Waals surface area (Å²) in [6.07, 6.45) is 8.68. The fourth-order valence-corrected chi connectivity index (χ4v) is 3.50. The molecule has 11 heteroatoms. The smallest absolute Gasteiger partial charge is 0.305 e. The van der Waals surface area contributed by atoms with Crippen LogP contribution in [0.2, 0.25) is 0 Å². The average molecular weight is 435 g/mol. The number of terminal acetylenes is 1. The van der Waals surface area contributed by atoms with Crippen LogP contribution in [0.15, 0.2) is 12.7 Å². The first-order valence-corrected chi connectivity index (χ1v) is 10.1. The number of aromatic nitrogens is 4. The van der Waals surface area contributed by atoms with E-state index in [2.05, 4.69) is 21.9 Å². The molecule has 0 bridgehead atoms. The highest BCUT2D eigenvalue weighted by atomic mass is 19.2. The van der Waals surface area contributed by atoms with Crippen LogP contribution in [0.25, 0.3) is 11.2 Å². The molecule has 1 fully saturated rings. The van der Waals surface area contributed by atoms with Crippen molar-refractivity contribution in [2.45, 2.75) is 69.2 Å². The molecule has 10 nitrogen and oxygen atoms in total. The maximum absolute atomic E-state index is 15.5. The number of nitrogens with zero attached hydrogens (tertiary/aromatic N) is 4. The molecule has 4 atom stereocenters.